The fraction of sp³-hybridized carbons (Fsp3) is 0.611. The van der Waals surface area contributed by atoms with Crippen LogP contribution in [-0.2, 0) is 21.1 Å². The van der Waals surface area contributed by atoms with Crippen LogP contribution in [0.2, 0.25) is 0 Å². The van der Waals surface area contributed by atoms with Crippen molar-refractivity contribution in [1.29, 1.82) is 0 Å². The maximum absolute atomic E-state index is 14.5. The monoisotopic (exact) mass is 400 g/mol. The number of hydrogen-bond acceptors (Lipinski definition) is 5. The maximum Gasteiger partial charge on any atom is 0.191 e. The quantitative estimate of drug-likeness (QED) is 0.528. The highest BCUT2D eigenvalue weighted by Crippen LogP contribution is 2.21. The number of anilines is 1. The molecule has 1 unspecified atom stereocenters. The zero-order valence-corrected chi connectivity index (χ0v) is 17.0. The molecular formula is C18H29FN4O3S. The van der Waals surface area contributed by atoms with Crippen LogP contribution in [0.4, 0.5) is 10.1 Å². The Morgan fingerprint density at radius 1 is 1.37 bits per heavy atom. The molecule has 27 heavy (non-hydrogen) atoms. The second-order valence-electron chi connectivity index (χ2n) is 6.77. The van der Waals surface area contributed by atoms with E-state index in [1.165, 1.54) is 12.3 Å². The molecule has 1 heterocycles. The molecule has 1 aliphatic heterocycles. The number of guanidine groups is 1. The largest absolute Gasteiger partial charge is 0.378 e. The average molecular weight is 401 g/mol. The van der Waals surface area contributed by atoms with E-state index in [-0.39, 0.29) is 17.6 Å². The third-order valence-corrected chi connectivity index (χ3v) is 5.33. The summed E-state index contributed by atoms with van der Waals surface area (Å²) in [6.45, 7) is 4.92. The summed E-state index contributed by atoms with van der Waals surface area (Å²) in [5, 5.41) is 6.27. The summed E-state index contributed by atoms with van der Waals surface area (Å²) in [7, 11) is -1.35. The van der Waals surface area contributed by atoms with Crippen LogP contribution in [0, 0.1) is 5.82 Å². The third kappa shape index (κ3) is 7.34. The Morgan fingerprint density at radius 2 is 2.07 bits per heavy atom. The first kappa shape index (κ1) is 21.4. The van der Waals surface area contributed by atoms with Crippen LogP contribution >= 0.6 is 0 Å². The number of nitrogens with zero attached hydrogens (tertiary/aromatic N) is 2. The first-order chi connectivity index (χ1) is 12.8. The molecule has 1 aliphatic rings. The summed E-state index contributed by atoms with van der Waals surface area (Å²) in [5.41, 5.74) is 1.40. The van der Waals surface area contributed by atoms with E-state index in [0.29, 0.717) is 50.9 Å². The van der Waals surface area contributed by atoms with Crippen molar-refractivity contribution < 1.29 is 17.5 Å². The molecule has 152 valence electrons. The molecule has 1 saturated heterocycles. The number of rotatable bonds is 7. The van der Waals surface area contributed by atoms with E-state index in [1.54, 1.807) is 13.1 Å². The van der Waals surface area contributed by atoms with Crippen LogP contribution in [0.15, 0.2) is 23.2 Å². The molecule has 0 saturated carbocycles. The molecule has 0 bridgehead atoms. The van der Waals surface area contributed by atoms with Gasteiger partial charge >= 0.3 is 0 Å². The van der Waals surface area contributed by atoms with Crippen LogP contribution in [0.3, 0.4) is 0 Å². The van der Waals surface area contributed by atoms with Crippen molar-refractivity contribution in [3.63, 3.8) is 0 Å². The maximum atomic E-state index is 14.5. The topological polar surface area (TPSA) is 83.0 Å². The molecule has 2 N–H and O–H groups in total. The number of hydrogen-bond donors (Lipinski definition) is 2. The Labute approximate surface area is 160 Å². The molecule has 0 radical (unpaired) electrons. The van der Waals surface area contributed by atoms with Crippen molar-refractivity contribution in [2.24, 2.45) is 4.99 Å². The zero-order valence-electron chi connectivity index (χ0n) is 16.2. The Bertz CT molecular complexity index is 749. The van der Waals surface area contributed by atoms with Crippen molar-refractivity contribution in [2.45, 2.75) is 25.9 Å². The van der Waals surface area contributed by atoms with Crippen LogP contribution in [0.25, 0.3) is 0 Å². The lowest BCUT2D eigenvalue weighted by Crippen LogP contribution is -2.42. The molecule has 9 heteroatoms. The molecule has 1 fully saturated rings. The number of halogens is 1. The van der Waals surface area contributed by atoms with Crippen LogP contribution in [0.1, 0.15) is 18.9 Å². The van der Waals surface area contributed by atoms with Gasteiger partial charge in [0.2, 0.25) is 0 Å². The van der Waals surface area contributed by atoms with Crippen LogP contribution in [-0.4, -0.2) is 65.8 Å². The van der Waals surface area contributed by atoms with E-state index in [1.807, 2.05) is 17.9 Å². The van der Waals surface area contributed by atoms with Gasteiger partial charge in [-0.1, -0.05) is 6.07 Å². The lowest BCUT2D eigenvalue weighted by Gasteiger charge is -2.29. The smallest absolute Gasteiger partial charge is 0.191 e. The fourth-order valence-corrected chi connectivity index (χ4v) is 3.58. The van der Waals surface area contributed by atoms with E-state index >= 15 is 0 Å². The Hall–Kier alpha value is -1.87. The second kappa shape index (κ2) is 9.89. The minimum Gasteiger partial charge on any atom is -0.378 e. The molecule has 0 spiro atoms. The van der Waals surface area contributed by atoms with Crippen molar-refractivity contribution in [3.05, 3.63) is 29.6 Å². The summed E-state index contributed by atoms with van der Waals surface area (Å²) in [6.07, 6.45) is 1.71. The SMILES string of the molecule is CN=C(NCc1ccc(N2CCOCC2)c(F)c1)NC(C)CCS(C)(=O)=O. The zero-order chi connectivity index (χ0) is 19.9. The first-order valence-corrected chi connectivity index (χ1v) is 11.1. The Balaban J connectivity index is 1.87. The van der Waals surface area contributed by atoms with Gasteiger partial charge < -0.3 is 20.3 Å². The highest BCUT2D eigenvalue weighted by atomic mass is 32.2. The van der Waals surface area contributed by atoms with Crippen LogP contribution < -0.4 is 15.5 Å². The average Bonchev–Trinajstić information content (AvgIpc) is 2.63. The van der Waals surface area contributed by atoms with Gasteiger partial charge in [0.05, 0.1) is 24.7 Å². The molecule has 2 rings (SSSR count). The summed E-state index contributed by atoms with van der Waals surface area (Å²) >= 11 is 0. The van der Waals surface area contributed by atoms with Gasteiger partial charge in [0.1, 0.15) is 15.7 Å². The minimum atomic E-state index is -2.99. The van der Waals surface area contributed by atoms with Gasteiger partial charge in [-0.15, -0.1) is 0 Å². The molecule has 1 aromatic carbocycles. The van der Waals surface area contributed by atoms with Gasteiger partial charge in [0, 0.05) is 39.0 Å². The van der Waals surface area contributed by atoms with Gasteiger partial charge in [-0.3, -0.25) is 4.99 Å². The van der Waals surface area contributed by atoms with Crippen molar-refractivity contribution in [1.82, 2.24) is 10.6 Å². The molecule has 0 amide bonds. The summed E-state index contributed by atoms with van der Waals surface area (Å²) < 4.78 is 42.3. The molecule has 7 nitrogen and oxygen atoms in total. The number of aliphatic imine (C=N–C) groups is 1. The van der Waals surface area contributed by atoms with Crippen LogP contribution in [0.5, 0.6) is 0 Å². The van der Waals surface area contributed by atoms with Crippen molar-refractivity contribution in [3.8, 4) is 0 Å². The number of morpholine rings is 1. The molecular weight excluding hydrogens is 371 g/mol. The van der Waals surface area contributed by atoms with E-state index < -0.39 is 9.84 Å². The van der Waals surface area contributed by atoms with Gasteiger partial charge in [0.25, 0.3) is 0 Å². The summed E-state index contributed by atoms with van der Waals surface area (Å²) in [5.74, 6) is 0.418. The molecule has 0 aliphatic carbocycles. The highest BCUT2D eigenvalue weighted by Gasteiger charge is 2.15. The minimum absolute atomic E-state index is 0.0497. The first-order valence-electron chi connectivity index (χ1n) is 9.04. The summed E-state index contributed by atoms with van der Waals surface area (Å²) in [4.78, 5) is 6.12. The van der Waals surface area contributed by atoms with E-state index in [9.17, 15) is 12.8 Å². The van der Waals surface area contributed by atoms with Gasteiger partial charge in [-0.25, -0.2) is 12.8 Å². The normalized spacial score (nSPS) is 16.9. The van der Waals surface area contributed by atoms with E-state index in [0.717, 1.165) is 5.56 Å². The third-order valence-electron chi connectivity index (χ3n) is 4.35. The predicted molar refractivity (Wildman–Crippen MR) is 107 cm³/mol. The van der Waals surface area contributed by atoms with Crippen molar-refractivity contribution >= 4 is 21.5 Å². The van der Waals surface area contributed by atoms with Gasteiger partial charge in [-0.2, -0.15) is 0 Å². The number of sulfone groups is 1. The molecule has 1 atom stereocenters. The fourth-order valence-electron chi connectivity index (χ4n) is 2.80. The number of ether oxygens (including phenoxy) is 1. The molecule has 1 aromatic rings. The Morgan fingerprint density at radius 3 is 2.67 bits per heavy atom. The number of nitrogens with one attached hydrogen (secondary N) is 2. The second-order valence-corrected chi connectivity index (χ2v) is 9.03. The number of benzene rings is 1. The van der Waals surface area contributed by atoms with E-state index in [2.05, 4.69) is 15.6 Å². The lowest BCUT2D eigenvalue weighted by molar-refractivity contribution is 0.122. The van der Waals surface area contributed by atoms with Gasteiger partial charge in [-0.05, 0) is 31.0 Å². The molecule has 0 aromatic heterocycles. The standard InChI is InChI=1S/C18H29FN4O3S/c1-14(6-11-27(3,24)25)22-18(20-2)21-13-15-4-5-17(16(19)12-15)23-7-9-26-10-8-23/h4-5,12,14H,6-11,13H2,1-3H3,(H2,20,21,22). The van der Waals surface area contributed by atoms with Gasteiger partial charge in [0.15, 0.2) is 5.96 Å². The van der Waals surface area contributed by atoms with E-state index in [4.69, 9.17) is 4.74 Å². The lowest BCUT2D eigenvalue weighted by atomic mass is 10.1. The predicted octanol–water partition coefficient (Wildman–Crippen LogP) is 1.15. The van der Waals surface area contributed by atoms with Crippen molar-refractivity contribution in [2.75, 3.05) is 50.3 Å². The Kier molecular flexibility index (Phi) is 7.85. The highest BCUT2D eigenvalue weighted by molar-refractivity contribution is 7.90. The summed E-state index contributed by atoms with van der Waals surface area (Å²) in [6, 6.07) is 5.16.